The molecule has 0 spiro atoms. The second-order valence-electron chi connectivity index (χ2n) is 5.60. The number of amides is 1. The van der Waals surface area contributed by atoms with E-state index < -0.39 is 0 Å². The standard InChI is InChI=1S/C16H23FN2O/c1-3-8-18-16(20)11(2)19-15-9-13(10-15)12-4-6-14(17)7-5-12/h4-7,11,13,15,19H,3,8-10H2,1-2H3,(H,18,20). The van der Waals surface area contributed by atoms with E-state index >= 15 is 0 Å². The molecule has 1 saturated carbocycles. The lowest BCUT2D eigenvalue weighted by atomic mass is 9.75. The Hall–Kier alpha value is -1.42. The Kier molecular flexibility index (Phi) is 5.12. The molecule has 20 heavy (non-hydrogen) atoms. The Morgan fingerprint density at radius 2 is 2.00 bits per heavy atom. The molecule has 0 saturated heterocycles. The fourth-order valence-corrected chi connectivity index (χ4v) is 2.59. The predicted molar refractivity (Wildman–Crippen MR) is 78.1 cm³/mol. The van der Waals surface area contributed by atoms with E-state index in [1.165, 1.54) is 17.7 Å². The molecule has 1 fully saturated rings. The first kappa shape index (κ1) is 15.0. The number of carbonyl (C=O) groups excluding carboxylic acids is 1. The van der Waals surface area contributed by atoms with Gasteiger partial charge in [-0.1, -0.05) is 19.1 Å². The van der Waals surface area contributed by atoms with Crippen molar-refractivity contribution in [2.24, 2.45) is 0 Å². The summed E-state index contributed by atoms with van der Waals surface area (Å²) in [6.45, 7) is 4.67. The number of carbonyl (C=O) groups is 1. The Balaban J connectivity index is 1.73. The van der Waals surface area contributed by atoms with Gasteiger partial charge in [-0.3, -0.25) is 4.79 Å². The molecule has 1 aromatic carbocycles. The van der Waals surface area contributed by atoms with Crippen LogP contribution in [0.15, 0.2) is 24.3 Å². The van der Waals surface area contributed by atoms with Crippen molar-refractivity contribution in [3.05, 3.63) is 35.6 Å². The minimum atomic E-state index is -0.191. The number of hydrogen-bond donors (Lipinski definition) is 2. The lowest BCUT2D eigenvalue weighted by molar-refractivity contribution is -0.123. The number of hydrogen-bond acceptors (Lipinski definition) is 2. The average molecular weight is 278 g/mol. The van der Waals surface area contributed by atoms with E-state index in [1.807, 2.05) is 26.0 Å². The van der Waals surface area contributed by atoms with Crippen molar-refractivity contribution in [1.29, 1.82) is 0 Å². The molecule has 0 radical (unpaired) electrons. The largest absolute Gasteiger partial charge is 0.355 e. The summed E-state index contributed by atoms with van der Waals surface area (Å²) in [6, 6.07) is 6.96. The lowest BCUT2D eigenvalue weighted by Crippen LogP contribution is -2.50. The molecule has 1 atom stereocenters. The summed E-state index contributed by atoms with van der Waals surface area (Å²) in [5.41, 5.74) is 1.19. The smallest absolute Gasteiger partial charge is 0.236 e. The van der Waals surface area contributed by atoms with Gasteiger partial charge in [0, 0.05) is 12.6 Å². The molecule has 0 aliphatic heterocycles. The Morgan fingerprint density at radius 1 is 1.35 bits per heavy atom. The second-order valence-corrected chi connectivity index (χ2v) is 5.60. The molecule has 1 amide bonds. The van der Waals surface area contributed by atoms with Crippen molar-refractivity contribution >= 4 is 5.91 Å². The van der Waals surface area contributed by atoms with Crippen molar-refractivity contribution in [3.8, 4) is 0 Å². The van der Waals surface area contributed by atoms with Crippen molar-refractivity contribution < 1.29 is 9.18 Å². The van der Waals surface area contributed by atoms with Crippen LogP contribution in [0, 0.1) is 5.82 Å². The SMILES string of the molecule is CCCNC(=O)C(C)NC1CC(c2ccc(F)cc2)C1. The third kappa shape index (κ3) is 3.79. The van der Waals surface area contributed by atoms with Gasteiger partial charge in [0.2, 0.25) is 5.91 Å². The van der Waals surface area contributed by atoms with Crippen LogP contribution in [0.2, 0.25) is 0 Å². The topological polar surface area (TPSA) is 41.1 Å². The fraction of sp³-hybridized carbons (Fsp3) is 0.562. The molecular weight excluding hydrogens is 255 g/mol. The second kappa shape index (κ2) is 6.84. The van der Waals surface area contributed by atoms with Crippen molar-refractivity contribution in [2.45, 2.75) is 51.1 Å². The molecule has 3 nitrogen and oxygen atoms in total. The average Bonchev–Trinajstić information content (AvgIpc) is 2.40. The van der Waals surface area contributed by atoms with Gasteiger partial charge in [0.1, 0.15) is 5.82 Å². The van der Waals surface area contributed by atoms with Crippen LogP contribution in [0.5, 0.6) is 0 Å². The van der Waals surface area contributed by atoms with Crippen LogP contribution in [0.4, 0.5) is 4.39 Å². The normalized spacial score (nSPS) is 22.9. The molecule has 4 heteroatoms. The number of benzene rings is 1. The molecule has 110 valence electrons. The van der Waals surface area contributed by atoms with E-state index in [1.54, 1.807) is 0 Å². The van der Waals surface area contributed by atoms with E-state index in [0.717, 1.165) is 25.8 Å². The highest BCUT2D eigenvalue weighted by Gasteiger charge is 2.31. The van der Waals surface area contributed by atoms with Gasteiger partial charge in [0.25, 0.3) is 0 Å². The fourth-order valence-electron chi connectivity index (χ4n) is 2.59. The third-order valence-electron chi connectivity index (χ3n) is 3.91. The maximum absolute atomic E-state index is 12.9. The van der Waals surface area contributed by atoms with Gasteiger partial charge in [0.15, 0.2) is 0 Å². The van der Waals surface area contributed by atoms with E-state index in [-0.39, 0.29) is 17.8 Å². The van der Waals surface area contributed by atoms with Crippen LogP contribution in [0.3, 0.4) is 0 Å². The summed E-state index contributed by atoms with van der Waals surface area (Å²) in [5, 5.41) is 6.24. The van der Waals surface area contributed by atoms with Gasteiger partial charge in [0.05, 0.1) is 6.04 Å². The minimum Gasteiger partial charge on any atom is -0.355 e. The quantitative estimate of drug-likeness (QED) is 0.839. The minimum absolute atomic E-state index is 0.0667. The zero-order chi connectivity index (χ0) is 14.5. The first-order valence-electron chi connectivity index (χ1n) is 7.39. The maximum atomic E-state index is 12.9. The van der Waals surface area contributed by atoms with Crippen LogP contribution < -0.4 is 10.6 Å². The maximum Gasteiger partial charge on any atom is 0.236 e. The van der Waals surface area contributed by atoms with Crippen molar-refractivity contribution in [3.63, 3.8) is 0 Å². The Labute approximate surface area is 120 Å². The molecule has 1 unspecified atom stereocenters. The van der Waals surface area contributed by atoms with Gasteiger partial charge in [-0.15, -0.1) is 0 Å². The Bertz CT molecular complexity index is 440. The summed E-state index contributed by atoms with van der Waals surface area (Å²) >= 11 is 0. The van der Waals surface area contributed by atoms with Crippen LogP contribution in [-0.4, -0.2) is 24.5 Å². The summed E-state index contributed by atoms with van der Waals surface area (Å²) in [6.07, 6.45) is 2.97. The highest BCUT2D eigenvalue weighted by molar-refractivity contribution is 5.81. The van der Waals surface area contributed by atoms with Crippen LogP contribution in [0.1, 0.15) is 44.6 Å². The van der Waals surface area contributed by atoms with E-state index in [4.69, 9.17) is 0 Å². The molecule has 1 aliphatic rings. The van der Waals surface area contributed by atoms with Crippen molar-refractivity contribution in [2.75, 3.05) is 6.54 Å². The molecule has 1 aliphatic carbocycles. The molecular formula is C16H23FN2O. The number of nitrogens with one attached hydrogen (secondary N) is 2. The van der Waals surface area contributed by atoms with E-state index in [0.29, 0.717) is 12.0 Å². The number of rotatable bonds is 6. The van der Waals surface area contributed by atoms with Crippen LogP contribution >= 0.6 is 0 Å². The molecule has 0 heterocycles. The Morgan fingerprint density at radius 3 is 2.60 bits per heavy atom. The summed E-state index contributed by atoms with van der Waals surface area (Å²) in [5.74, 6) is 0.361. The lowest BCUT2D eigenvalue weighted by Gasteiger charge is -2.37. The van der Waals surface area contributed by atoms with E-state index in [2.05, 4.69) is 10.6 Å². The monoisotopic (exact) mass is 278 g/mol. The molecule has 0 bridgehead atoms. The van der Waals surface area contributed by atoms with Gasteiger partial charge < -0.3 is 10.6 Å². The summed E-state index contributed by atoms with van der Waals surface area (Å²) < 4.78 is 12.9. The molecule has 2 N–H and O–H groups in total. The van der Waals surface area contributed by atoms with Gasteiger partial charge in [-0.25, -0.2) is 4.39 Å². The van der Waals surface area contributed by atoms with Gasteiger partial charge >= 0.3 is 0 Å². The first-order valence-corrected chi connectivity index (χ1v) is 7.39. The zero-order valence-electron chi connectivity index (χ0n) is 12.2. The van der Waals surface area contributed by atoms with E-state index in [9.17, 15) is 9.18 Å². The first-order chi connectivity index (χ1) is 9.60. The summed E-state index contributed by atoms with van der Waals surface area (Å²) in [7, 11) is 0. The highest BCUT2D eigenvalue weighted by atomic mass is 19.1. The van der Waals surface area contributed by atoms with Crippen molar-refractivity contribution in [1.82, 2.24) is 10.6 Å². The summed E-state index contributed by atoms with van der Waals surface area (Å²) in [4.78, 5) is 11.8. The zero-order valence-corrected chi connectivity index (χ0v) is 12.2. The molecule has 1 aromatic rings. The molecule has 0 aromatic heterocycles. The molecule has 2 rings (SSSR count). The predicted octanol–water partition coefficient (Wildman–Crippen LogP) is 2.58. The van der Waals surface area contributed by atoms with Crippen LogP contribution in [-0.2, 0) is 4.79 Å². The highest BCUT2D eigenvalue weighted by Crippen LogP contribution is 2.36. The number of halogens is 1. The van der Waals surface area contributed by atoms with Gasteiger partial charge in [-0.05, 0) is 49.8 Å². The van der Waals surface area contributed by atoms with Crippen LogP contribution in [0.25, 0.3) is 0 Å². The van der Waals surface area contributed by atoms with Gasteiger partial charge in [-0.2, -0.15) is 0 Å². The third-order valence-corrected chi connectivity index (χ3v) is 3.91.